The Labute approximate surface area is 139 Å². The highest BCUT2D eigenvalue weighted by atomic mass is 16.7. The van der Waals surface area contributed by atoms with Crippen LogP contribution in [0.15, 0.2) is 10.6 Å². The first kappa shape index (κ1) is 15.1. The SMILES string of the molecule is COc1cc(-c2noc(C3CCNCC3)n2)c(OC)c2c1OCO2. The number of hydrogen-bond acceptors (Lipinski definition) is 8. The van der Waals surface area contributed by atoms with E-state index in [1.54, 1.807) is 20.3 Å². The average molecular weight is 333 g/mol. The molecule has 0 aliphatic carbocycles. The molecule has 128 valence electrons. The third kappa shape index (κ3) is 2.43. The maximum absolute atomic E-state index is 5.53. The Kier molecular flexibility index (Phi) is 3.89. The van der Waals surface area contributed by atoms with E-state index < -0.39 is 0 Å². The fraction of sp³-hybridized carbons (Fsp3) is 0.500. The predicted molar refractivity (Wildman–Crippen MR) is 83.8 cm³/mol. The van der Waals surface area contributed by atoms with Crippen LogP contribution in [0.4, 0.5) is 0 Å². The van der Waals surface area contributed by atoms with Crippen molar-refractivity contribution in [3.8, 4) is 34.4 Å². The van der Waals surface area contributed by atoms with Gasteiger partial charge in [0.05, 0.1) is 19.8 Å². The van der Waals surface area contributed by atoms with Crippen molar-refractivity contribution in [1.82, 2.24) is 15.5 Å². The van der Waals surface area contributed by atoms with Crippen LogP contribution >= 0.6 is 0 Å². The van der Waals surface area contributed by atoms with E-state index in [0.29, 0.717) is 40.3 Å². The van der Waals surface area contributed by atoms with Gasteiger partial charge in [-0.2, -0.15) is 4.98 Å². The molecule has 1 aromatic heterocycles. The lowest BCUT2D eigenvalue weighted by Gasteiger charge is -2.18. The third-order valence-corrected chi connectivity index (χ3v) is 4.36. The van der Waals surface area contributed by atoms with Crippen molar-refractivity contribution in [2.45, 2.75) is 18.8 Å². The quantitative estimate of drug-likeness (QED) is 0.908. The summed E-state index contributed by atoms with van der Waals surface area (Å²) in [5, 5.41) is 7.46. The molecule has 4 rings (SSSR count). The van der Waals surface area contributed by atoms with Crippen molar-refractivity contribution < 1.29 is 23.5 Å². The lowest BCUT2D eigenvalue weighted by molar-refractivity contribution is 0.168. The van der Waals surface area contributed by atoms with Gasteiger partial charge in [-0.15, -0.1) is 0 Å². The molecule has 1 saturated heterocycles. The molecule has 1 aromatic carbocycles. The van der Waals surface area contributed by atoms with Gasteiger partial charge in [-0.1, -0.05) is 5.16 Å². The fourth-order valence-corrected chi connectivity index (χ4v) is 3.11. The normalized spacial score (nSPS) is 17.1. The molecule has 0 radical (unpaired) electrons. The van der Waals surface area contributed by atoms with Crippen LogP contribution in [0.5, 0.6) is 23.0 Å². The fourth-order valence-electron chi connectivity index (χ4n) is 3.11. The second-order valence-electron chi connectivity index (χ2n) is 5.70. The smallest absolute Gasteiger partial charge is 0.231 e. The van der Waals surface area contributed by atoms with Crippen molar-refractivity contribution in [1.29, 1.82) is 0 Å². The Morgan fingerprint density at radius 2 is 1.92 bits per heavy atom. The molecular formula is C16H19N3O5. The van der Waals surface area contributed by atoms with Gasteiger partial charge >= 0.3 is 0 Å². The molecule has 0 bridgehead atoms. The van der Waals surface area contributed by atoms with Crippen LogP contribution in [0.1, 0.15) is 24.7 Å². The zero-order chi connectivity index (χ0) is 16.5. The van der Waals surface area contributed by atoms with Gasteiger partial charge in [0.25, 0.3) is 0 Å². The van der Waals surface area contributed by atoms with Crippen molar-refractivity contribution in [3.63, 3.8) is 0 Å². The average Bonchev–Trinajstić information content (AvgIpc) is 3.30. The lowest BCUT2D eigenvalue weighted by Crippen LogP contribution is -2.26. The van der Waals surface area contributed by atoms with Crippen LogP contribution in [0.25, 0.3) is 11.4 Å². The van der Waals surface area contributed by atoms with E-state index in [1.165, 1.54) is 0 Å². The van der Waals surface area contributed by atoms with E-state index in [9.17, 15) is 0 Å². The molecular weight excluding hydrogens is 314 g/mol. The predicted octanol–water partition coefficient (Wildman–Crippen LogP) is 1.95. The van der Waals surface area contributed by atoms with Crippen molar-refractivity contribution in [3.05, 3.63) is 12.0 Å². The zero-order valence-electron chi connectivity index (χ0n) is 13.6. The molecule has 1 fully saturated rings. The number of piperidine rings is 1. The molecule has 0 atom stereocenters. The second kappa shape index (κ2) is 6.20. The summed E-state index contributed by atoms with van der Waals surface area (Å²) < 4.78 is 27.4. The number of fused-ring (bicyclic) bond motifs is 1. The van der Waals surface area contributed by atoms with Gasteiger partial charge in [0.15, 0.2) is 11.5 Å². The maximum atomic E-state index is 5.53. The highest BCUT2D eigenvalue weighted by Gasteiger charge is 2.30. The molecule has 8 heteroatoms. The molecule has 1 N–H and O–H groups in total. The summed E-state index contributed by atoms with van der Waals surface area (Å²) in [6.07, 6.45) is 1.98. The Balaban J connectivity index is 1.75. The number of nitrogens with one attached hydrogen (secondary N) is 1. The molecule has 2 aliphatic rings. The minimum Gasteiger partial charge on any atom is -0.493 e. The van der Waals surface area contributed by atoms with Gasteiger partial charge in [0.1, 0.15) is 0 Å². The number of aromatic nitrogens is 2. The van der Waals surface area contributed by atoms with Crippen LogP contribution < -0.4 is 24.3 Å². The zero-order valence-corrected chi connectivity index (χ0v) is 13.6. The summed E-state index contributed by atoms with van der Waals surface area (Å²) in [7, 11) is 3.14. The molecule has 3 heterocycles. The van der Waals surface area contributed by atoms with E-state index >= 15 is 0 Å². The Morgan fingerprint density at radius 3 is 2.67 bits per heavy atom. The highest BCUT2D eigenvalue weighted by Crippen LogP contribution is 2.52. The first-order chi connectivity index (χ1) is 11.8. The maximum Gasteiger partial charge on any atom is 0.231 e. The summed E-state index contributed by atoms with van der Waals surface area (Å²) in [6, 6.07) is 1.78. The third-order valence-electron chi connectivity index (χ3n) is 4.36. The summed E-state index contributed by atoms with van der Waals surface area (Å²) in [6.45, 7) is 2.05. The molecule has 0 unspecified atom stereocenters. The van der Waals surface area contributed by atoms with Crippen LogP contribution in [0.2, 0.25) is 0 Å². The summed E-state index contributed by atoms with van der Waals surface area (Å²) in [4.78, 5) is 4.58. The van der Waals surface area contributed by atoms with Gasteiger partial charge in [-0.05, 0) is 32.0 Å². The van der Waals surface area contributed by atoms with Crippen LogP contribution in [-0.2, 0) is 0 Å². The largest absolute Gasteiger partial charge is 0.493 e. The first-order valence-corrected chi connectivity index (χ1v) is 7.91. The molecule has 8 nitrogen and oxygen atoms in total. The molecule has 0 spiro atoms. The minimum atomic E-state index is 0.123. The van der Waals surface area contributed by atoms with E-state index in [1.807, 2.05) is 0 Å². The topological polar surface area (TPSA) is 87.9 Å². The second-order valence-corrected chi connectivity index (χ2v) is 5.70. The standard InChI is InChI=1S/C16H19N3O5/c1-20-11-7-10(12(21-2)14-13(11)22-8-23-14)15-18-16(24-19-15)9-3-5-17-6-4-9/h7,9,17H,3-6,8H2,1-2H3. The number of methoxy groups -OCH3 is 2. The van der Waals surface area contributed by atoms with Crippen LogP contribution in [0, 0.1) is 0 Å². The monoisotopic (exact) mass is 333 g/mol. The van der Waals surface area contributed by atoms with E-state index in [2.05, 4.69) is 15.5 Å². The van der Waals surface area contributed by atoms with E-state index in [4.69, 9.17) is 23.5 Å². The Hall–Kier alpha value is -2.48. The number of benzene rings is 1. The summed E-state index contributed by atoms with van der Waals surface area (Å²) in [5.41, 5.74) is 0.655. The van der Waals surface area contributed by atoms with Crippen molar-refractivity contribution in [2.24, 2.45) is 0 Å². The van der Waals surface area contributed by atoms with Crippen molar-refractivity contribution in [2.75, 3.05) is 34.1 Å². The Morgan fingerprint density at radius 1 is 1.12 bits per heavy atom. The summed E-state index contributed by atoms with van der Waals surface area (Å²) >= 11 is 0. The summed E-state index contributed by atoms with van der Waals surface area (Å²) in [5.74, 6) is 3.49. The molecule has 24 heavy (non-hydrogen) atoms. The van der Waals surface area contributed by atoms with Gasteiger partial charge in [0, 0.05) is 5.92 Å². The minimum absolute atomic E-state index is 0.123. The molecule has 0 saturated carbocycles. The van der Waals surface area contributed by atoms with Gasteiger partial charge in [-0.3, -0.25) is 0 Å². The number of ether oxygens (including phenoxy) is 4. The van der Waals surface area contributed by atoms with Gasteiger partial charge < -0.3 is 28.8 Å². The van der Waals surface area contributed by atoms with Gasteiger partial charge in [0.2, 0.25) is 30.0 Å². The molecule has 0 amide bonds. The van der Waals surface area contributed by atoms with E-state index in [0.717, 1.165) is 25.9 Å². The van der Waals surface area contributed by atoms with Crippen LogP contribution in [0.3, 0.4) is 0 Å². The number of nitrogens with zero attached hydrogens (tertiary/aromatic N) is 2. The first-order valence-electron chi connectivity index (χ1n) is 7.91. The Bertz CT molecular complexity index is 740. The molecule has 2 aliphatic heterocycles. The lowest BCUT2D eigenvalue weighted by atomic mass is 9.98. The van der Waals surface area contributed by atoms with Crippen molar-refractivity contribution >= 4 is 0 Å². The van der Waals surface area contributed by atoms with E-state index in [-0.39, 0.29) is 12.7 Å². The molecule has 2 aromatic rings. The highest BCUT2D eigenvalue weighted by molar-refractivity contribution is 5.76. The van der Waals surface area contributed by atoms with Gasteiger partial charge in [-0.25, -0.2) is 0 Å². The van der Waals surface area contributed by atoms with Crippen LogP contribution in [-0.4, -0.2) is 44.2 Å². The number of hydrogen-bond donors (Lipinski definition) is 1. The number of rotatable bonds is 4.